The molecule has 1 aromatic heterocycles. The Labute approximate surface area is 110 Å². The van der Waals surface area contributed by atoms with Gasteiger partial charge in [0.1, 0.15) is 11.9 Å². The molecule has 0 fully saturated rings. The fourth-order valence-corrected chi connectivity index (χ4v) is 1.70. The largest absolute Gasteiger partial charge is 0.497 e. The second kappa shape index (κ2) is 5.38. The highest BCUT2D eigenvalue weighted by atomic mass is 16.6. The second-order valence-corrected chi connectivity index (χ2v) is 4.00. The van der Waals surface area contributed by atoms with Crippen LogP contribution in [-0.2, 0) is 13.6 Å². The van der Waals surface area contributed by atoms with E-state index in [9.17, 15) is 10.1 Å². The van der Waals surface area contributed by atoms with E-state index in [2.05, 4.69) is 10.4 Å². The number of nitrogens with zero attached hydrogens (tertiary/aromatic N) is 3. The minimum absolute atomic E-state index is 0.0367. The highest BCUT2D eigenvalue weighted by Gasteiger charge is 2.17. The van der Waals surface area contributed by atoms with Crippen molar-refractivity contribution in [3.05, 3.63) is 46.1 Å². The smallest absolute Gasteiger partial charge is 0.330 e. The first-order chi connectivity index (χ1) is 9.10. The van der Waals surface area contributed by atoms with Gasteiger partial charge in [0.25, 0.3) is 0 Å². The zero-order valence-corrected chi connectivity index (χ0v) is 10.7. The summed E-state index contributed by atoms with van der Waals surface area (Å²) in [5.74, 6) is 1.00. The predicted octanol–water partition coefficient (Wildman–Crippen LogP) is 1.95. The Morgan fingerprint density at radius 2 is 2.32 bits per heavy atom. The van der Waals surface area contributed by atoms with Gasteiger partial charge in [0.15, 0.2) is 0 Å². The number of hydrogen-bond donors (Lipinski definition) is 1. The molecule has 0 unspecified atom stereocenters. The number of methoxy groups -OCH3 is 1. The zero-order chi connectivity index (χ0) is 13.8. The molecular weight excluding hydrogens is 248 g/mol. The molecule has 0 atom stereocenters. The number of aryl methyl sites for hydroxylation is 1. The van der Waals surface area contributed by atoms with Crippen LogP contribution in [0.25, 0.3) is 0 Å². The molecule has 100 valence electrons. The Kier molecular flexibility index (Phi) is 3.65. The van der Waals surface area contributed by atoms with Gasteiger partial charge in [-0.25, -0.2) is 0 Å². The average Bonchev–Trinajstić information content (AvgIpc) is 2.78. The Hall–Kier alpha value is -2.57. The lowest BCUT2D eigenvalue weighted by atomic mass is 10.2. The van der Waals surface area contributed by atoms with E-state index in [-0.39, 0.29) is 11.5 Å². The van der Waals surface area contributed by atoms with Crippen LogP contribution in [0.15, 0.2) is 30.5 Å². The third-order valence-electron chi connectivity index (χ3n) is 2.60. The number of nitro groups is 1. The molecule has 0 aliphatic rings. The van der Waals surface area contributed by atoms with Gasteiger partial charge in [-0.15, -0.1) is 5.10 Å². The Balaban J connectivity index is 2.11. The number of nitrogens with one attached hydrogen (secondary N) is 1. The lowest BCUT2D eigenvalue weighted by Gasteiger charge is -2.05. The predicted molar refractivity (Wildman–Crippen MR) is 70.2 cm³/mol. The van der Waals surface area contributed by atoms with Crippen molar-refractivity contribution in [1.29, 1.82) is 0 Å². The van der Waals surface area contributed by atoms with Crippen molar-refractivity contribution < 1.29 is 9.66 Å². The molecule has 0 saturated heterocycles. The average molecular weight is 262 g/mol. The van der Waals surface area contributed by atoms with E-state index in [0.717, 1.165) is 11.3 Å². The van der Waals surface area contributed by atoms with Crippen molar-refractivity contribution in [3.8, 4) is 5.75 Å². The van der Waals surface area contributed by atoms with Crippen LogP contribution in [0.5, 0.6) is 5.75 Å². The minimum Gasteiger partial charge on any atom is -0.497 e. The third-order valence-corrected chi connectivity index (χ3v) is 2.60. The number of anilines is 1. The Morgan fingerprint density at radius 1 is 1.53 bits per heavy atom. The van der Waals surface area contributed by atoms with Crippen LogP contribution in [0.2, 0.25) is 0 Å². The molecule has 0 saturated carbocycles. The van der Waals surface area contributed by atoms with Gasteiger partial charge in [0.05, 0.1) is 12.0 Å². The third kappa shape index (κ3) is 3.01. The Morgan fingerprint density at radius 3 is 3.00 bits per heavy atom. The molecule has 2 rings (SSSR count). The van der Waals surface area contributed by atoms with Crippen molar-refractivity contribution >= 4 is 11.5 Å². The molecule has 1 aromatic carbocycles. The summed E-state index contributed by atoms with van der Waals surface area (Å²) in [7, 11) is 3.24. The van der Waals surface area contributed by atoms with Crippen LogP contribution < -0.4 is 10.1 Å². The van der Waals surface area contributed by atoms with Gasteiger partial charge in [0, 0.05) is 13.6 Å². The van der Waals surface area contributed by atoms with Crippen molar-refractivity contribution in [2.24, 2.45) is 7.05 Å². The summed E-state index contributed by atoms with van der Waals surface area (Å²) in [6.45, 7) is 0.440. The van der Waals surface area contributed by atoms with Crippen molar-refractivity contribution in [2.45, 2.75) is 6.54 Å². The second-order valence-electron chi connectivity index (χ2n) is 4.00. The van der Waals surface area contributed by atoms with Gasteiger partial charge in [-0.3, -0.25) is 14.8 Å². The first-order valence-electron chi connectivity index (χ1n) is 5.65. The Bertz CT molecular complexity index is 594. The summed E-state index contributed by atoms with van der Waals surface area (Å²) >= 11 is 0. The summed E-state index contributed by atoms with van der Waals surface area (Å²) in [5, 5.41) is 17.8. The summed E-state index contributed by atoms with van der Waals surface area (Å²) in [6, 6.07) is 7.47. The zero-order valence-electron chi connectivity index (χ0n) is 10.7. The maximum Gasteiger partial charge on any atom is 0.330 e. The van der Waals surface area contributed by atoms with Crippen molar-refractivity contribution in [3.63, 3.8) is 0 Å². The molecule has 1 N–H and O–H groups in total. The fraction of sp³-hybridized carbons (Fsp3) is 0.250. The highest BCUT2D eigenvalue weighted by molar-refractivity contribution is 5.54. The molecule has 19 heavy (non-hydrogen) atoms. The van der Waals surface area contributed by atoms with Crippen LogP contribution in [0, 0.1) is 10.1 Å². The fourth-order valence-electron chi connectivity index (χ4n) is 1.70. The number of ether oxygens (including phenoxy) is 1. The first-order valence-corrected chi connectivity index (χ1v) is 5.65. The molecule has 2 aromatic rings. The van der Waals surface area contributed by atoms with Gasteiger partial charge in [-0.1, -0.05) is 12.1 Å². The summed E-state index contributed by atoms with van der Waals surface area (Å²) in [4.78, 5) is 10.4. The number of aromatic nitrogens is 2. The standard InChI is InChI=1S/C12H14N4O3/c1-15-8-11(16(17)18)12(14-15)13-7-9-4-3-5-10(6-9)19-2/h3-6,8H,7H2,1-2H3,(H,13,14). The summed E-state index contributed by atoms with van der Waals surface area (Å²) in [5.41, 5.74) is 0.921. The van der Waals surface area contributed by atoms with E-state index >= 15 is 0 Å². The molecule has 0 radical (unpaired) electrons. The normalized spacial score (nSPS) is 10.2. The van der Waals surface area contributed by atoms with Crippen LogP contribution in [0.3, 0.4) is 0 Å². The maximum absolute atomic E-state index is 10.8. The van der Waals surface area contributed by atoms with E-state index in [1.54, 1.807) is 14.2 Å². The van der Waals surface area contributed by atoms with Gasteiger partial charge in [-0.05, 0) is 17.7 Å². The number of hydrogen-bond acceptors (Lipinski definition) is 5. The molecule has 0 bridgehead atoms. The van der Waals surface area contributed by atoms with Crippen LogP contribution in [-0.4, -0.2) is 21.8 Å². The van der Waals surface area contributed by atoms with Crippen LogP contribution in [0.1, 0.15) is 5.56 Å². The molecule has 7 nitrogen and oxygen atoms in total. The molecule has 0 aliphatic carbocycles. The summed E-state index contributed by atoms with van der Waals surface area (Å²) in [6.07, 6.45) is 1.37. The van der Waals surface area contributed by atoms with Gasteiger partial charge >= 0.3 is 5.69 Å². The molecule has 0 amide bonds. The quantitative estimate of drug-likeness (QED) is 0.657. The van der Waals surface area contributed by atoms with E-state index in [0.29, 0.717) is 6.54 Å². The summed E-state index contributed by atoms with van der Waals surface area (Å²) < 4.78 is 6.53. The monoisotopic (exact) mass is 262 g/mol. The van der Waals surface area contributed by atoms with E-state index in [4.69, 9.17) is 4.74 Å². The van der Waals surface area contributed by atoms with Crippen molar-refractivity contribution in [2.75, 3.05) is 12.4 Å². The van der Waals surface area contributed by atoms with E-state index in [1.165, 1.54) is 10.9 Å². The van der Waals surface area contributed by atoms with E-state index in [1.807, 2.05) is 24.3 Å². The van der Waals surface area contributed by atoms with Gasteiger partial charge in [0.2, 0.25) is 5.82 Å². The highest BCUT2D eigenvalue weighted by Crippen LogP contribution is 2.22. The lowest BCUT2D eigenvalue weighted by molar-refractivity contribution is -0.384. The van der Waals surface area contributed by atoms with Gasteiger partial charge in [-0.2, -0.15) is 0 Å². The topological polar surface area (TPSA) is 82.2 Å². The van der Waals surface area contributed by atoms with Crippen LogP contribution in [0.4, 0.5) is 11.5 Å². The van der Waals surface area contributed by atoms with Crippen molar-refractivity contribution in [1.82, 2.24) is 9.78 Å². The van der Waals surface area contributed by atoms with Gasteiger partial charge < -0.3 is 10.1 Å². The number of benzene rings is 1. The number of rotatable bonds is 5. The molecule has 0 aliphatic heterocycles. The van der Waals surface area contributed by atoms with Crippen LogP contribution >= 0.6 is 0 Å². The molecule has 0 spiro atoms. The molecular formula is C12H14N4O3. The molecule has 7 heteroatoms. The molecule has 1 heterocycles. The lowest BCUT2D eigenvalue weighted by Crippen LogP contribution is -2.02. The van der Waals surface area contributed by atoms with E-state index < -0.39 is 4.92 Å². The SMILES string of the molecule is COc1cccc(CNc2nn(C)cc2[N+](=O)[O-])c1. The first kappa shape index (κ1) is 12.9. The maximum atomic E-state index is 10.8. The minimum atomic E-state index is -0.457.